The molecule has 126 valence electrons. The van der Waals surface area contributed by atoms with Crippen LogP contribution in [-0.4, -0.2) is 40.8 Å². The van der Waals surface area contributed by atoms with Crippen LogP contribution in [0.5, 0.6) is 5.75 Å². The van der Waals surface area contributed by atoms with Gasteiger partial charge in [-0.2, -0.15) is 0 Å². The third-order valence-corrected chi connectivity index (χ3v) is 4.40. The van der Waals surface area contributed by atoms with Crippen LogP contribution in [0.15, 0.2) is 60.0 Å². The summed E-state index contributed by atoms with van der Waals surface area (Å²) in [5.41, 5.74) is 1.84. The Labute approximate surface area is 142 Å². The van der Waals surface area contributed by atoms with Crippen LogP contribution in [0.3, 0.4) is 0 Å². The lowest BCUT2D eigenvalue weighted by molar-refractivity contribution is 0.243. The molecule has 0 unspecified atom stereocenters. The molecule has 1 fully saturated rings. The summed E-state index contributed by atoms with van der Waals surface area (Å²) in [6.45, 7) is 8.83. The molecule has 2 aromatic rings. The van der Waals surface area contributed by atoms with Gasteiger partial charge in [0.15, 0.2) is 5.75 Å². The van der Waals surface area contributed by atoms with E-state index in [-0.39, 0.29) is 11.2 Å². The number of allylic oxidation sites excluding steroid dienone is 1. The summed E-state index contributed by atoms with van der Waals surface area (Å²) in [5.74, 6) is -0.213. The summed E-state index contributed by atoms with van der Waals surface area (Å²) in [6.07, 6.45) is 3.26. The van der Waals surface area contributed by atoms with E-state index in [4.69, 9.17) is 0 Å². The predicted molar refractivity (Wildman–Crippen MR) is 96.5 cm³/mol. The molecule has 1 N–H and O–H groups in total. The van der Waals surface area contributed by atoms with Crippen LogP contribution in [0.1, 0.15) is 5.69 Å². The zero-order valence-electron chi connectivity index (χ0n) is 13.8. The van der Waals surface area contributed by atoms with Gasteiger partial charge in [0.25, 0.3) is 0 Å². The third kappa shape index (κ3) is 3.68. The van der Waals surface area contributed by atoms with E-state index in [1.807, 2.05) is 10.6 Å². The van der Waals surface area contributed by atoms with Crippen LogP contribution in [0.2, 0.25) is 0 Å². The number of pyridine rings is 1. The zero-order valence-corrected chi connectivity index (χ0v) is 13.8. The number of nitrogens with zero attached hydrogens (tertiary/aromatic N) is 3. The predicted octanol–water partition coefficient (Wildman–Crippen LogP) is 2.06. The number of hydrogen-bond donors (Lipinski definition) is 1. The van der Waals surface area contributed by atoms with Gasteiger partial charge < -0.3 is 14.6 Å². The first kappa shape index (κ1) is 16.3. The highest BCUT2D eigenvalue weighted by Gasteiger charge is 2.18. The normalized spacial score (nSPS) is 15.4. The largest absolute Gasteiger partial charge is 0.503 e. The number of aromatic nitrogens is 1. The first-order chi connectivity index (χ1) is 11.7. The van der Waals surface area contributed by atoms with Gasteiger partial charge in [0.2, 0.25) is 5.43 Å². The maximum absolute atomic E-state index is 11.8. The summed E-state index contributed by atoms with van der Waals surface area (Å²) >= 11 is 0. The molecule has 5 nitrogen and oxygen atoms in total. The number of aromatic hydroxyl groups is 1. The van der Waals surface area contributed by atoms with Crippen molar-refractivity contribution >= 4 is 5.69 Å². The molecular weight excluding hydrogens is 302 g/mol. The lowest BCUT2D eigenvalue weighted by Crippen LogP contribution is -2.46. The Morgan fingerprint density at radius 3 is 2.50 bits per heavy atom. The standard InChI is InChI=1S/C19H23N3O2/c1-2-8-22-15-19(24)18(23)13-17(22)14-20-9-11-21(12-10-20)16-6-4-3-5-7-16/h2-7,13,15,24H,1,8-12,14H2. The number of rotatable bonds is 5. The Balaban J connectivity index is 1.67. The van der Waals surface area contributed by atoms with E-state index in [2.05, 4.69) is 40.6 Å². The molecule has 0 bridgehead atoms. The molecule has 1 aliphatic rings. The van der Waals surface area contributed by atoms with Crippen molar-refractivity contribution in [1.82, 2.24) is 9.47 Å². The maximum Gasteiger partial charge on any atom is 0.223 e. The fourth-order valence-corrected chi connectivity index (χ4v) is 3.08. The van der Waals surface area contributed by atoms with Gasteiger partial charge >= 0.3 is 0 Å². The van der Waals surface area contributed by atoms with Crippen LogP contribution in [0, 0.1) is 0 Å². The lowest BCUT2D eigenvalue weighted by Gasteiger charge is -2.36. The fraction of sp³-hybridized carbons (Fsp3) is 0.316. The molecule has 2 heterocycles. The molecule has 1 aromatic heterocycles. The van der Waals surface area contributed by atoms with Crippen molar-refractivity contribution in [1.29, 1.82) is 0 Å². The Kier molecular flexibility index (Phi) is 5.01. The van der Waals surface area contributed by atoms with Gasteiger partial charge in [0.1, 0.15) is 0 Å². The van der Waals surface area contributed by atoms with Crippen LogP contribution >= 0.6 is 0 Å². The molecule has 0 aliphatic carbocycles. The summed E-state index contributed by atoms with van der Waals surface area (Å²) in [6, 6.07) is 12.0. The van der Waals surface area contributed by atoms with E-state index in [1.54, 1.807) is 6.08 Å². The third-order valence-electron chi connectivity index (χ3n) is 4.40. The number of piperazine rings is 1. The Hall–Kier alpha value is -2.53. The summed E-state index contributed by atoms with van der Waals surface area (Å²) in [4.78, 5) is 16.5. The number of anilines is 1. The van der Waals surface area contributed by atoms with Crippen molar-refractivity contribution < 1.29 is 5.11 Å². The highest BCUT2D eigenvalue weighted by atomic mass is 16.3. The highest BCUT2D eigenvalue weighted by Crippen LogP contribution is 2.17. The highest BCUT2D eigenvalue weighted by molar-refractivity contribution is 5.46. The monoisotopic (exact) mass is 325 g/mol. The van der Waals surface area contributed by atoms with Gasteiger partial charge in [0.05, 0.1) is 6.20 Å². The van der Waals surface area contributed by atoms with Crippen molar-refractivity contribution in [3.8, 4) is 5.75 Å². The van der Waals surface area contributed by atoms with Crippen LogP contribution in [-0.2, 0) is 13.1 Å². The SMILES string of the molecule is C=CCn1cc(O)c(=O)cc1CN1CCN(c2ccccc2)CC1. The lowest BCUT2D eigenvalue weighted by atomic mass is 10.2. The number of hydrogen-bond acceptors (Lipinski definition) is 4. The average Bonchev–Trinajstić information content (AvgIpc) is 2.61. The van der Waals surface area contributed by atoms with Crippen molar-refractivity contribution in [2.24, 2.45) is 0 Å². The van der Waals surface area contributed by atoms with E-state index >= 15 is 0 Å². The second-order valence-electron chi connectivity index (χ2n) is 6.05. The van der Waals surface area contributed by atoms with Crippen molar-refractivity contribution in [2.75, 3.05) is 31.1 Å². The van der Waals surface area contributed by atoms with E-state index < -0.39 is 0 Å². The van der Waals surface area contributed by atoms with Gasteiger partial charge in [-0.1, -0.05) is 24.3 Å². The second-order valence-corrected chi connectivity index (χ2v) is 6.05. The molecule has 0 radical (unpaired) electrons. The van der Waals surface area contributed by atoms with Crippen molar-refractivity contribution in [3.63, 3.8) is 0 Å². The molecule has 0 saturated carbocycles. The van der Waals surface area contributed by atoms with Gasteiger partial charge in [-0.05, 0) is 12.1 Å². The molecule has 24 heavy (non-hydrogen) atoms. The summed E-state index contributed by atoms with van der Waals surface area (Å²) in [7, 11) is 0. The van der Waals surface area contributed by atoms with E-state index in [0.717, 1.165) is 31.9 Å². The molecule has 1 saturated heterocycles. The average molecular weight is 325 g/mol. The molecular formula is C19H23N3O2. The zero-order chi connectivity index (χ0) is 16.9. The van der Waals surface area contributed by atoms with Crippen LogP contribution in [0.4, 0.5) is 5.69 Å². The Morgan fingerprint density at radius 2 is 1.83 bits per heavy atom. The van der Waals surface area contributed by atoms with Crippen LogP contribution in [0.25, 0.3) is 0 Å². The number of benzene rings is 1. The minimum absolute atomic E-state index is 0.213. The maximum atomic E-state index is 11.8. The minimum Gasteiger partial charge on any atom is -0.503 e. The van der Waals surface area contributed by atoms with E-state index in [9.17, 15) is 9.90 Å². The minimum atomic E-state index is -0.326. The fourth-order valence-electron chi connectivity index (χ4n) is 3.08. The Bertz CT molecular complexity index is 747. The molecule has 3 rings (SSSR count). The van der Waals surface area contributed by atoms with Gasteiger partial charge in [-0.25, -0.2) is 0 Å². The second kappa shape index (κ2) is 7.36. The number of para-hydroxylation sites is 1. The summed E-state index contributed by atoms with van der Waals surface area (Å²) in [5, 5.41) is 9.63. The quantitative estimate of drug-likeness (QED) is 0.855. The Morgan fingerprint density at radius 1 is 1.12 bits per heavy atom. The van der Waals surface area contributed by atoms with Gasteiger partial charge in [-0.3, -0.25) is 9.69 Å². The van der Waals surface area contributed by atoms with Crippen molar-refractivity contribution in [2.45, 2.75) is 13.1 Å². The van der Waals surface area contributed by atoms with Gasteiger partial charge in [-0.15, -0.1) is 6.58 Å². The van der Waals surface area contributed by atoms with Crippen molar-refractivity contribution in [3.05, 3.63) is 71.2 Å². The molecule has 1 aromatic carbocycles. The first-order valence-corrected chi connectivity index (χ1v) is 8.23. The smallest absolute Gasteiger partial charge is 0.223 e. The van der Waals surface area contributed by atoms with E-state index in [0.29, 0.717) is 13.1 Å². The van der Waals surface area contributed by atoms with Crippen LogP contribution < -0.4 is 10.3 Å². The molecule has 1 aliphatic heterocycles. The first-order valence-electron chi connectivity index (χ1n) is 8.23. The summed E-state index contributed by atoms with van der Waals surface area (Å²) < 4.78 is 1.88. The molecule has 0 atom stereocenters. The topological polar surface area (TPSA) is 48.7 Å². The molecule has 0 amide bonds. The molecule has 5 heteroatoms. The van der Waals surface area contributed by atoms with Gasteiger partial charge in [0, 0.05) is 56.7 Å². The molecule has 0 spiro atoms. The van der Waals surface area contributed by atoms with E-state index in [1.165, 1.54) is 18.0 Å².